The van der Waals surface area contributed by atoms with E-state index in [1.54, 1.807) is 0 Å². The Labute approximate surface area is 92.6 Å². The molecule has 0 amide bonds. The number of nitrogens with zero attached hydrogens (tertiary/aromatic N) is 2. The SMILES string of the molecule is Cn1cc(CC2COCCC2Br)cn1. The third kappa shape index (κ3) is 2.36. The van der Waals surface area contributed by atoms with Crippen molar-refractivity contribution in [2.45, 2.75) is 17.7 Å². The van der Waals surface area contributed by atoms with Gasteiger partial charge >= 0.3 is 0 Å². The number of halogens is 1. The van der Waals surface area contributed by atoms with Gasteiger partial charge in [0.2, 0.25) is 0 Å². The smallest absolute Gasteiger partial charge is 0.0521 e. The van der Waals surface area contributed by atoms with Crippen LogP contribution in [0.1, 0.15) is 12.0 Å². The van der Waals surface area contributed by atoms with Crippen LogP contribution in [0.2, 0.25) is 0 Å². The monoisotopic (exact) mass is 258 g/mol. The van der Waals surface area contributed by atoms with Gasteiger partial charge in [0.05, 0.1) is 12.8 Å². The molecule has 1 aliphatic rings. The van der Waals surface area contributed by atoms with E-state index in [-0.39, 0.29) is 0 Å². The number of aryl methyl sites for hydroxylation is 1. The van der Waals surface area contributed by atoms with E-state index in [1.165, 1.54) is 5.56 Å². The minimum atomic E-state index is 0.591. The van der Waals surface area contributed by atoms with Crippen LogP contribution in [-0.2, 0) is 18.2 Å². The Bertz CT molecular complexity index is 300. The molecule has 1 saturated heterocycles. The molecule has 1 fully saturated rings. The highest BCUT2D eigenvalue weighted by Gasteiger charge is 2.23. The van der Waals surface area contributed by atoms with Gasteiger partial charge in [-0.05, 0) is 24.3 Å². The quantitative estimate of drug-likeness (QED) is 0.757. The van der Waals surface area contributed by atoms with Crippen LogP contribution in [0.25, 0.3) is 0 Å². The first-order chi connectivity index (χ1) is 6.75. The highest BCUT2D eigenvalue weighted by Crippen LogP contribution is 2.25. The fourth-order valence-corrected chi connectivity index (χ4v) is 2.36. The van der Waals surface area contributed by atoms with Crippen molar-refractivity contribution < 1.29 is 4.74 Å². The number of hydrogen-bond acceptors (Lipinski definition) is 2. The summed E-state index contributed by atoms with van der Waals surface area (Å²) in [5.41, 5.74) is 1.30. The lowest BCUT2D eigenvalue weighted by molar-refractivity contribution is 0.0605. The van der Waals surface area contributed by atoms with E-state index in [1.807, 2.05) is 17.9 Å². The standard InChI is InChI=1S/C10H15BrN2O/c1-13-6-8(5-12-13)4-9-7-14-3-2-10(9)11/h5-6,9-10H,2-4,7H2,1H3. The number of alkyl halides is 1. The fraction of sp³-hybridized carbons (Fsp3) is 0.700. The Balaban J connectivity index is 1.95. The summed E-state index contributed by atoms with van der Waals surface area (Å²) < 4.78 is 7.32. The van der Waals surface area contributed by atoms with E-state index in [0.29, 0.717) is 10.7 Å². The number of rotatable bonds is 2. The second-order valence-corrected chi connectivity index (χ2v) is 5.04. The highest BCUT2D eigenvalue weighted by atomic mass is 79.9. The van der Waals surface area contributed by atoms with Crippen molar-refractivity contribution >= 4 is 15.9 Å². The molecule has 0 bridgehead atoms. The number of aromatic nitrogens is 2. The average Bonchev–Trinajstić information content (AvgIpc) is 2.56. The predicted molar refractivity (Wildman–Crippen MR) is 58.6 cm³/mol. The lowest BCUT2D eigenvalue weighted by atomic mass is 9.96. The van der Waals surface area contributed by atoms with Crippen molar-refractivity contribution in [3.05, 3.63) is 18.0 Å². The lowest BCUT2D eigenvalue weighted by Crippen LogP contribution is -2.29. The van der Waals surface area contributed by atoms with Crippen molar-refractivity contribution in [1.82, 2.24) is 9.78 Å². The van der Waals surface area contributed by atoms with Crippen molar-refractivity contribution in [2.24, 2.45) is 13.0 Å². The maximum Gasteiger partial charge on any atom is 0.0521 e. The Kier molecular flexibility index (Phi) is 3.23. The van der Waals surface area contributed by atoms with Crippen LogP contribution in [-0.4, -0.2) is 27.8 Å². The Morgan fingerprint density at radius 1 is 1.71 bits per heavy atom. The molecular formula is C10H15BrN2O. The highest BCUT2D eigenvalue weighted by molar-refractivity contribution is 9.09. The molecule has 0 spiro atoms. The molecule has 2 unspecified atom stereocenters. The van der Waals surface area contributed by atoms with E-state index in [2.05, 4.69) is 27.2 Å². The van der Waals surface area contributed by atoms with Crippen LogP contribution in [0.3, 0.4) is 0 Å². The summed E-state index contributed by atoms with van der Waals surface area (Å²) in [5, 5.41) is 4.17. The molecule has 0 aliphatic carbocycles. The van der Waals surface area contributed by atoms with Crippen molar-refractivity contribution in [3.8, 4) is 0 Å². The van der Waals surface area contributed by atoms with E-state index in [9.17, 15) is 0 Å². The topological polar surface area (TPSA) is 27.1 Å². The normalized spacial score (nSPS) is 27.9. The van der Waals surface area contributed by atoms with Crippen LogP contribution < -0.4 is 0 Å². The molecule has 2 heterocycles. The molecule has 0 N–H and O–H groups in total. The molecule has 2 rings (SSSR count). The van der Waals surface area contributed by atoms with Gasteiger partial charge in [0.25, 0.3) is 0 Å². The van der Waals surface area contributed by atoms with Crippen LogP contribution >= 0.6 is 15.9 Å². The second kappa shape index (κ2) is 4.45. The van der Waals surface area contributed by atoms with Gasteiger partial charge in [-0.25, -0.2) is 0 Å². The largest absolute Gasteiger partial charge is 0.381 e. The first-order valence-electron chi connectivity index (χ1n) is 4.95. The Hall–Kier alpha value is -0.350. The molecule has 1 aliphatic heterocycles. The van der Waals surface area contributed by atoms with E-state index >= 15 is 0 Å². The lowest BCUT2D eigenvalue weighted by Gasteiger charge is -2.27. The molecule has 2 atom stereocenters. The summed E-state index contributed by atoms with van der Waals surface area (Å²) >= 11 is 3.71. The number of ether oxygens (including phenoxy) is 1. The Morgan fingerprint density at radius 2 is 2.57 bits per heavy atom. The van der Waals surface area contributed by atoms with E-state index in [4.69, 9.17) is 4.74 Å². The molecule has 1 aromatic heterocycles. The molecule has 78 valence electrons. The summed E-state index contributed by atoms with van der Waals surface area (Å²) in [6.45, 7) is 1.75. The molecule has 0 saturated carbocycles. The zero-order chi connectivity index (χ0) is 9.97. The van der Waals surface area contributed by atoms with Crippen molar-refractivity contribution in [2.75, 3.05) is 13.2 Å². The first-order valence-corrected chi connectivity index (χ1v) is 5.86. The summed E-state index contributed by atoms with van der Waals surface area (Å²) in [6.07, 6.45) is 6.19. The van der Waals surface area contributed by atoms with Crippen LogP contribution in [0, 0.1) is 5.92 Å². The van der Waals surface area contributed by atoms with Crippen molar-refractivity contribution in [1.29, 1.82) is 0 Å². The maximum absolute atomic E-state index is 5.47. The van der Waals surface area contributed by atoms with Gasteiger partial charge in [0.15, 0.2) is 0 Å². The fourth-order valence-electron chi connectivity index (χ4n) is 1.84. The van der Waals surface area contributed by atoms with Gasteiger partial charge in [-0.1, -0.05) is 15.9 Å². The second-order valence-electron chi connectivity index (χ2n) is 3.87. The van der Waals surface area contributed by atoms with Crippen LogP contribution in [0.4, 0.5) is 0 Å². The Morgan fingerprint density at radius 3 is 3.21 bits per heavy atom. The molecule has 3 nitrogen and oxygen atoms in total. The van der Waals surface area contributed by atoms with Crippen LogP contribution in [0.5, 0.6) is 0 Å². The van der Waals surface area contributed by atoms with Crippen LogP contribution in [0.15, 0.2) is 12.4 Å². The van der Waals surface area contributed by atoms with Gasteiger partial charge in [-0.3, -0.25) is 4.68 Å². The molecule has 0 radical (unpaired) electrons. The summed E-state index contributed by atoms with van der Waals surface area (Å²) in [5.74, 6) is 0.591. The molecular weight excluding hydrogens is 244 g/mol. The zero-order valence-corrected chi connectivity index (χ0v) is 9.90. The molecule has 14 heavy (non-hydrogen) atoms. The van der Waals surface area contributed by atoms with Gasteiger partial charge in [0, 0.05) is 24.7 Å². The molecule has 1 aromatic rings. The zero-order valence-electron chi connectivity index (χ0n) is 8.32. The average molecular weight is 259 g/mol. The molecule has 4 heteroatoms. The third-order valence-corrected chi connectivity index (χ3v) is 3.84. The van der Waals surface area contributed by atoms with E-state index in [0.717, 1.165) is 26.1 Å². The van der Waals surface area contributed by atoms with Gasteiger partial charge in [-0.15, -0.1) is 0 Å². The minimum Gasteiger partial charge on any atom is -0.381 e. The minimum absolute atomic E-state index is 0.591. The molecule has 0 aromatic carbocycles. The van der Waals surface area contributed by atoms with Gasteiger partial charge in [0.1, 0.15) is 0 Å². The van der Waals surface area contributed by atoms with Gasteiger partial charge in [-0.2, -0.15) is 5.10 Å². The first kappa shape index (κ1) is 10.2. The van der Waals surface area contributed by atoms with E-state index < -0.39 is 0 Å². The third-order valence-electron chi connectivity index (χ3n) is 2.64. The van der Waals surface area contributed by atoms with Gasteiger partial charge < -0.3 is 4.74 Å². The number of hydrogen-bond donors (Lipinski definition) is 0. The van der Waals surface area contributed by atoms with Crippen molar-refractivity contribution in [3.63, 3.8) is 0 Å². The summed E-state index contributed by atoms with van der Waals surface area (Å²) in [6, 6.07) is 0. The maximum atomic E-state index is 5.47. The summed E-state index contributed by atoms with van der Waals surface area (Å²) in [4.78, 5) is 0.594. The predicted octanol–water partition coefficient (Wildman–Crippen LogP) is 1.76. The summed E-state index contributed by atoms with van der Waals surface area (Å²) in [7, 11) is 1.95.